The number of carbonyl (C=O) groups excluding carboxylic acids is 2. The van der Waals surface area contributed by atoms with Gasteiger partial charge in [-0.25, -0.2) is 0 Å². The van der Waals surface area contributed by atoms with Gasteiger partial charge in [-0.05, 0) is 56.0 Å². The number of rotatable bonds is 5. The summed E-state index contributed by atoms with van der Waals surface area (Å²) in [5.74, 6) is -0.417. The Balaban J connectivity index is 2.20. The van der Waals surface area contributed by atoms with Crippen molar-refractivity contribution in [2.45, 2.75) is 52.6 Å². The zero-order chi connectivity index (χ0) is 18.6. The van der Waals surface area contributed by atoms with Crippen LogP contribution in [0.5, 0.6) is 0 Å². The van der Waals surface area contributed by atoms with Crippen molar-refractivity contribution in [3.05, 3.63) is 53.9 Å². The number of esters is 1. The third-order valence-electron chi connectivity index (χ3n) is 3.62. The summed E-state index contributed by atoms with van der Waals surface area (Å²) in [5.41, 5.74) is 2.85. The van der Waals surface area contributed by atoms with Crippen LogP contribution in [0, 0.1) is 0 Å². The molecule has 0 unspecified atom stereocenters. The number of ketones is 1. The van der Waals surface area contributed by atoms with Gasteiger partial charge in [-0.2, -0.15) is 0 Å². The summed E-state index contributed by atoms with van der Waals surface area (Å²) < 4.78 is 5.22. The molecule has 0 amide bonds. The Hall–Kier alpha value is -2.49. The minimum Gasteiger partial charge on any atom is -0.460 e. The summed E-state index contributed by atoms with van der Waals surface area (Å²) in [7, 11) is 0. The number of hydrogen-bond acceptors (Lipinski definition) is 4. The van der Waals surface area contributed by atoms with Crippen LogP contribution in [0.25, 0.3) is 11.1 Å². The molecule has 2 rings (SSSR count). The van der Waals surface area contributed by atoms with Crippen LogP contribution in [0.2, 0.25) is 0 Å². The highest BCUT2D eigenvalue weighted by molar-refractivity contribution is 6.06. The fraction of sp³-hybridized carbons (Fsp3) is 0.381. The highest BCUT2D eigenvalue weighted by Crippen LogP contribution is 2.24. The maximum atomic E-state index is 12.4. The Labute approximate surface area is 149 Å². The summed E-state index contributed by atoms with van der Waals surface area (Å²) in [6, 6.07) is 11.3. The number of ether oxygens (including phenoxy) is 1. The largest absolute Gasteiger partial charge is 0.460 e. The minimum absolute atomic E-state index is 0.241. The van der Waals surface area contributed by atoms with Gasteiger partial charge in [-0.3, -0.25) is 14.6 Å². The Kier molecular flexibility index (Phi) is 5.73. The van der Waals surface area contributed by atoms with Crippen molar-refractivity contribution in [3.63, 3.8) is 0 Å². The molecular formula is C21H25NO3. The second-order valence-electron chi connectivity index (χ2n) is 7.39. The quantitative estimate of drug-likeness (QED) is 0.446. The van der Waals surface area contributed by atoms with Crippen LogP contribution in [0.4, 0.5) is 0 Å². The molecule has 0 saturated carbocycles. The van der Waals surface area contributed by atoms with E-state index in [1.54, 1.807) is 33.0 Å². The van der Waals surface area contributed by atoms with Gasteiger partial charge in [0.05, 0.1) is 0 Å². The SMILES string of the molecule is CC(C)c1cc(-c2cccc(C(=O)CC(=O)OC(C)(C)C)c2)ccn1. The van der Waals surface area contributed by atoms with Crippen molar-refractivity contribution in [3.8, 4) is 11.1 Å². The highest BCUT2D eigenvalue weighted by Gasteiger charge is 2.20. The molecule has 0 saturated heterocycles. The van der Waals surface area contributed by atoms with Gasteiger partial charge < -0.3 is 4.74 Å². The summed E-state index contributed by atoms with van der Waals surface area (Å²) in [6.07, 6.45) is 1.52. The molecule has 4 nitrogen and oxygen atoms in total. The molecule has 0 fully saturated rings. The van der Waals surface area contributed by atoms with Crippen LogP contribution in [-0.2, 0) is 9.53 Å². The molecule has 0 atom stereocenters. The summed E-state index contributed by atoms with van der Waals surface area (Å²) in [6.45, 7) is 9.53. The van der Waals surface area contributed by atoms with Gasteiger partial charge in [-0.15, -0.1) is 0 Å². The number of pyridine rings is 1. The predicted molar refractivity (Wildman–Crippen MR) is 98.6 cm³/mol. The van der Waals surface area contributed by atoms with Crippen LogP contribution >= 0.6 is 0 Å². The van der Waals surface area contributed by atoms with E-state index in [2.05, 4.69) is 18.8 Å². The van der Waals surface area contributed by atoms with Crippen molar-refractivity contribution in [2.24, 2.45) is 0 Å². The predicted octanol–water partition coefficient (Wildman–Crippen LogP) is 4.79. The first-order valence-corrected chi connectivity index (χ1v) is 8.47. The number of Topliss-reactive ketones (excluding diaryl/α,β-unsaturated/α-hetero) is 1. The van der Waals surface area contributed by atoms with Gasteiger partial charge in [0.1, 0.15) is 12.0 Å². The van der Waals surface area contributed by atoms with Crippen molar-refractivity contribution >= 4 is 11.8 Å². The first-order chi connectivity index (χ1) is 11.7. The average molecular weight is 339 g/mol. The standard InChI is InChI=1S/C21H25NO3/c1-14(2)18-12-16(9-10-22-18)15-7-6-8-17(11-15)19(23)13-20(24)25-21(3,4)5/h6-12,14H,13H2,1-5H3. The Bertz CT molecular complexity index is 773. The molecule has 1 heterocycles. The fourth-order valence-electron chi connectivity index (χ4n) is 2.43. The second kappa shape index (κ2) is 7.60. The normalized spacial score (nSPS) is 11.4. The monoisotopic (exact) mass is 339 g/mol. The number of hydrogen-bond donors (Lipinski definition) is 0. The van der Waals surface area contributed by atoms with Crippen LogP contribution in [0.3, 0.4) is 0 Å². The molecule has 25 heavy (non-hydrogen) atoms. The molecular weight excluding hydrogens is 314 g/mol. The second-order valence-corrected chi connectivity index (χ2v) is 7.39. The molecule has 132 valence electrons. The van der Waals surface area contributed by atoms with E-state index in [1.807, 2.05) is 30.3 Å². The van der Waals surface area contributed by atoms with Crippen LogP contribution < -0.4 is 0 Å². The van der Waals surface area contributed by atoms with Gasteiger partial charge in [0, 0.05) is 17.5 Å². The third kappa shape index (κ3) is 5.52. The van der Waals surface area contributed by atoms with Gasteiger partial charge in [0.25, 0.3) is 0 Å². The summed E-state index contributed by atoms with van der Waals surface area (Å²) >= 11 is 0. The minimum atomic E-state index is -0.594. The Morgan fingerprint density at radius 1 is 1.08 bits per heavy atom. The lowest BCUT2D eigenvalue weighted by molar-refractivity contribution is -0.153. The van der Waals surface area contributed by atoms with E-state index in [-0.39, 0.29) is 12.2 Å². The first kappa shape index (κ1) is 18.8. The van der Waals surface area contributed by atoms with Crippen molar-refractivity contribution < 1.29 is 14.3 Å². The molecule has 0 N–H and O–H groups in total. The third-order valence-corrected chi connectivity index (χ3v) is 3.62. The van der Waals surface area contributed by atoms with Gasteiger partial charge >= 0.3 is 5.97 Å². The first-order valence-electron chi connectivity index (χ1n) is 8.47. The molecule has 0 aliphatic carbocycles. The van der Waals surface area contributed by atoms with Crippen molar-refractivity contribution in [1.29, 1.82) is 0 Å². The molecule has 4 heteroatoms. The Morgan fingerprint density at radius 2 is 1.76 bits per heavy atom. The highest BCUT2D eigenvalue weighted by atomic mass is 16.6. The molecule has 0 bridgehead atoms. The number of benzene rings is 1. The molecule has 1 aromatic heterocycles. The maximum absolute atomic E-state index is 12.4. The zero-order valence-electron chi connectivity index (χ0n) is 15.5. The fourth-order valence-corrected chi connectivity index (χ4v) is 2.43. The van der Waals surface area contributed by atoms with E-state index in [4.69, 9.17) is 4.74 Å². The van der Waals surface area contributed by atoms with E-state index < -0.39 is 11.6 Å². The van der Waals surface area contributed by atoms with Crippen molar-refractivity contribution in [2.75, 3.05) is 0 Å². The lowest BCUT2D eigenvalue weighted by Gasteiger charge is -2.19. The van der Waals surface area contributed by atoms with E-state index >= 15 is 0 Å². The number of aromatic nitrogens is 1. The van der Waals surface area contributed by atoms with E-state index in [0.717, 1.165) is 16.8 Å². The molecule has 2 aromatic rings. The molecule has 0 radical (unpaired) electrons. The van der Waals surface area contributed by atoms with E-state index in [9.17, 15) is 9.59 Å². The summed E-state index contributed by atoms with van der Waals surface area (Å²) in [5, 5.41) is 0. The Morgan fingerprint density at radius 3 is 2.40 bits per heavy atom. The topological polar surface area (TPSA) is 56.3 Å². The van der Waals surface area contributed by atoms with Gasteiger partial charge in [0.15, 0.2) is 5.78 Å². The molecule has 0 aliphatic heterocycles. The number of carbonyl (C=O) groups is 2. The average Bonchev–Trinajstić information content (AvgIpc) is 2.53. The van der Waals surface area contributed by atoms with Gasteiger partial charge in [0.2, 0.25) is 0 Å². The smallest absolute Gasteiger partial charge is 0.314 e. The lowest BCUT2D eigenvalue weighted by atomic mass is 9.99. The van der Waals surface area contributed by atoms with Crippen molar-refractivity contribution in [1.82, 2.24) is 4.98 Å². The maximum Gasteiger partial charge on any atom is 0.314 e. The zero-order valence-corrected chi connectivity index (χ0v) is 15.5. The van der Waals surface area contributed by atoms with E-state index in [0.29, 0.717) is 11.5 Å². The van der Waals surface area contributed by atoms with Crippen LogP contribution in [0.1, 0.15) is 63.0 Å². The van der Waals surface area contributed by atoms with E-state index in [1.165, 1.54) is 0 Å². The molecule has 0 spiro atoms. The number of nitrogens with zero attached hydrogens (tertiary/aromatic N) is 1. The molecule has 0 aliphatic rings. The molecule has 1 aromatic carbocycles. The van der Waals surface area contributed by atoms with Gasteiger partial charge in [-0.1, -0.05) is 32.0 Å². The lowest BCUT2D eigenvalue weighted by Crippen LogP contribution is -2.25. The van der Waals surface area contributed by atoms with Crippen LogP contribution in [0.15, 0.2) is 42.6 Å². The summed E-state index contributed by atoms with van der Waals surface area (Å²) in [4.78, 5) is 28.6. The van der Waals surface area contributed by atoms with Crippen LogP contribution in [-0.4, -0.2) is 22.3 Å².